The Bertz CT molecular complexity index is 1010. The van der Waals surface area contributed by atoms with E-state index in [1.165, 1.54) is 11.1 Å². The number of aromatic nitrogens is 2. The van der Waals surface area contributed by atoms with E-state index < -0.39 is 0 Å². The highest BCUT2D eigenvalue weighted by molar-refractivity contribution is 5.90. The van der Waals surface area contributed by atoms with Gasteiger partial charge in [-0.05, 0) is 31.0 Å². The van der Waals surface area contributed by atoms with Crippen molar-refractivity contribution in [3.8, 4) is 11.4 Å². The normalized spacial score (nSPS) is 10.8. The van der Waals surface area contributed by atoms with Gasteiger partial charge in [0.2, 0.25) is 0 Å². The Balaban J connectivity index is 1.64. The molecule has 0 radical (unpaired) electrons. The Kier molecular flexibility index (Phi) is 4.61. The van der Waals surface area contributed by atoms with Crippen LogP contribution in [0.25, 0.3) is 22.3 Å². The molecule has 0 amide bonds. The van der Waals surface area contributed by atoms with Crippen LogP contribution in [0, 0.1) is 6.92 Å². The van der Waals surface area contributed by atoms with Crippen LogP contribution in [0.4, 0.5) is 5.82 Å². The summed E-state index contributed by atoms with van der Waals surface area (Å²) in [6.45, 7) is 2.92. The van der Waals surface area contributed by atoms with Crippen molar-refractivity contribution in [1.82, 2.24) is 9.97 Å². The molecular formula is C23H21N3. The summed E-state index contributed by atoms with van der Waals surface area (Å²) in [5.41, 5.74) is 4.54. The number of nitrogens with one attached hydrogen (secondary N) is 1. The van der Waals surface area contributed by atoms with Crippen molar-refractivity contribution < 1.29 is 0 Å². The molecule has 0 aliphatic carbocycles. The third-order valence-corrected chi connectivity index (χ3v) is 4.46. The van der Waals surface area contributed by atoms with Gasteiger partial charge in [-0.15, -0.1) is 0 Å². The summed E-state index contributed by atoms with van der Waals surface area (Å²) in [5, 5.41) is 4.56. The van der Waals surface area contributed by atoms with Crippen LogP contribution in [0.5, 0.6) is 0 Å². The van der Waals surface area contributed by atoms with Crippen molar-refractivity contribution in [1.29, 1.82) is 0 Å². The average molecular weight is 339 g/mol. The highest BCUT2D eigenvalue weighted by Gasteiger charge is 2.09. The molecule has 26 heavy (non-hydrogen) atoms. The topological polar surface area (TPSA) is 37.8 Å². The van der Waals surface area contributed by atoms with Gasteiger partial charge in [-0.3, -0.25) is 0 Å². The summed E-state index contributed by atoms with van der Waals surface area (Å²) < 4.78 is 0. The second-order valence-electron chi connectivity index (χ2n) is 6.44. The first-order valence-electron chi connectivity index (χ1n) is 8.91. The van der Waals surface area contributed by atoms with E-state index in [0.29, 0.717) is 0 Å². The average Bonchev–Trinajstić information content (AvgIpc) is 2.69. The maximum absolute atomic E-state index is 4.81. The molecule has 0 saturated heterocycles. The van der Waals surface area contributed by atoms with Gasteiger partial charge in [0, 0.05) is 17.5 Å². The van der Waals surface area contributed by atoms with Gasteiger partial charge >= 0.3 is 0 Å². The van der Waals surface area contributed by atoms with E-state index in [0.717, 1.165) is 41.1 Å². The predicted octanol–water partition coefficient (Wildman–Crippen LogP) is 5.26. The van der Waals surface area contributed by atoms with E-state index >= 15 is 0 Å². The summed E-state index contributed by atoms with van der Waals surface area (Å²) >= 11 is 0. The van der Waals surface area contributed by atoms with Crippen molar-refractivity contribution in [3.63, 3.8) is 0 Å². The zero-order valence-electron chi connectivity index (χ0n) is 14.8. The SMILES string of the molecule is Cc1ccc(-c2nc(NCCc3ccccc3)c3ccccc3n2)cc1. The molecule has 4 rings (SSSR count). The highest BCUT2D eigenvalue weighted by atomic mass is 15.0. The molecule has 0 fully saturated rings. The van der Waals surface area contributed by atoms with Crippen molar-refractivity contribution >= 4 is 16.7 Å². The van der Waals surface area contributed by atoms with Gasteiger partial charge in [-0.25, -0.2) is 9.97 Å². The smallest absolute Gasteiger partial charge is 0.162 e. The van der Waals surface area contributed by atoms with Crippen molar-refractivity contribution in [3.05, 3.63) is 90.0 Å². The summed E-state index contributed by atoms with van der Waals surface area (Å²) in [7, 11) is 0. The zero-order valence-corrected chi connectivity index (χ0v) is 14.8. The van der Waals surface area contributed by atoms with Crippen LogP contribution in [0.3, 0.4) is 0 Å². The van der Waals surface area contributed by atoms with Gasteiger partial charge < -0.3 is 5.32 Å². The van der Waals surface area contributed by atoms with Gasteiger partial charge in [0.25, 0.3) is 0 Å². The van der Waals surface area contributed by atoms with Crippen molar-refractivity contribution in [2.75, 3.05) is 11.9 Å². The first-order valence-corrected chi connectivity index (χ1v) is 8.91. The lowest BCUT2D eigenvalue weighted by Gasteiger charge is -2.11. The standard InChI is InChI=1S/C23H21N3/c1-17-11-13-19(14-12-17)22-25-21-10-6-5-9-20(21)23(26-22)24-16-15-18-7-3-2-4-8-18/h2-14H,15-16H2,1H3,(H,24,25,26). The highest BCUT2D eigenvalue weighted by Crippen LogP contribution is 2.25. The number of hydrogen-bond acceptors (Lipinski definition) is 3. The van der Waals surface area contributed by atoms with Crippen LogP contribution < -0.4 is 5.32 Å². The van der Waals surface area contributed by atoms with E-state index in [1.807, 2.05) is 24.3 Å². The first kappa shape index (κ1) is 16.3. The lowest BCUT2D eigenvalue weighted by atomic mass is 10.1. The Morgan fingerprint density at radius 1 is 0.769 bits per heavy atom. The number of hydrogen-bond donors (Lipinski definition) is 1. The lowest BCUT2D eigenvalue weighted by molar-refractivity contribution is 1.01. The number of para-hydroxylation sites is 1. The molecule has 3 nitrogen and oxygen atoms in total. The number of aryl methyl sites for hydroxylation is 1. The van der Waals surface area contributed by atoms with Gasteiger partial charge in [-0.1, -0.05) is 72.3 Å². The van der Waals surface area contributed by atoms with Gasteiger partial charge in [0.1, 0.15) is 5.82 Å². The molecular weight excluding hydrogens is 318 g/mol. The third kappa shape index (κ3) is 3.57. The van der Waals surface area contributed by atoms with Crippen LogP contribution in [-0.2, 0) is 6.42 Å². The zero-order chi connectivity index (χ0) is 17.8. The van der Waals surface area contributed by atoms with Gasteiger partial charge in [0.15, 0.2) is 5.82 Å². The molecule has 0 bridgehead atoms. The second-order valence-corrected chi connectivity index (χ2v) is 6.44. The van der Waals surface area contributed by atoms with E-state index in [9.17, 15) is 0 Å². The van der Waals surface area contributed by atoms with E-state index in [4.69, 9.17) is 9.97 Å². The van der Waals surface area contributed by atoms with Gasteiger partial charge in [0.05, 0.1) is 5.52 Å². The fourth-order valence-electron chi connectivity index (χ4n) is 3.01. The molecule has 0 unspecified atom stereocenters. The molecule has 0 aliphatic heterocycles. The van der Waals surface area contributed by atoms with Crippen molar-refractivity contribution in [2.45, 2.75) is 13.3 Å². The first-order chi connectivity index (χ1) is 12.8. The van der Waals surface area contributed by atoms with Gasteiger partial charge in [-0.2, -0.15) is 0 Å². The van der Waals surface area contributed by atoms with Crippen LogP contribution in [0.1, 0.15) is 11.1 Å². The maximum atomic E-state index is 4.81. The molecule has 1 heterocycles. The second kappa shape index (κ2) is 7.36. The molecule has 0 saturated carbocycles. The largest absolute Gasteiger partial charge is 0.369 e. The van der Waals surface area contributed by atoms with E-state index in [-0.39, 0.29) is 0 Å². The summed E-state index contributed by atoms with van der Waals surface area (Å²) in [6, 6.07) is 27.0. The minimum Gasteiger partial charge on any atom is -0.369 e. The van der Waals surface area contributed by atoms with E-state index in [2.05, 4.69) is 66.8 Å². The molecule has 1 aromatic heterocycles. The van der Waals surface area contributed by atoms with E-state index in [1.54, 1.807) is 0 Å². The molecule has 4 aromatic rings. The number of rotatable bonds is 5. The molecule has 0 aliphatic rings. The Labute approximate surface area is 153 Å². The Morgan fingerprint density at radius 3 is 2.31 bits per heavy atom. The fraction of sp³-hybridized carbons (Fsp3) is 0.130. The maximum Gasteiger partial charge on any atom is 0.162 e. The minimum atomic E-state index is 0.755. The third-order valence-electron chi connectivity index (χ3n) is 4.46. The van der Waals surface area contributed by atoms with Crippen LogP contribution in [0.15, 0.2) is 78.9 Å². The van der Waals surface area contributed by atoms with Crippen LogP contribution >= 0.6 is 0 Å². The number of benzene rings is 3. The molecule has 0 atom stereocenters. The molecule has 1 N–H and O–H groups in total. The fourth-order valence-corrected chi connectivity index (χ4v) is 3.01. The molecule has 3 heteroatoms. The monoisotopic (exact) mass is 339 g/mol. The molecule has 3 aromatic carbocycles. The summed E-state index contributed by atoms with van der Waals surface area (Å²) in [5.74, 6) is 1.65. The minimum absolute atomic E-state index is 0.755. The lowest BCUT2D eigenvalue weighted by Crippen LogP contribution is -2.08. The molecule has 128 valence electrons. The number of anilines is 1. The quantitative estimate of drug-likeness (QED) is 0.539. The predicted molar refractivity (Wildman–Crippen MR) is 108 cm³/mol. The summed E-state index contributed by atoms with van der Waals surface area (Å²) in [6.07, 6.45) is 0.957. The van der Waals surface area contributed by atoms with Crippen LogP contribution in [0.2, 0.25) is 0 Å². The number of nitrogens with zero attached hydrogens (tertiary/aromatic N) is 2. The Hall–Kier alpha value is -3.20. The van der Waals surface area contributed by atoms with Crippen LogP contribution in [-0.4, -0.2) is 16.5 Å². The summed E-state index contributed by atoms with van der Waals surface area (Å²) in [4.78, 5) is 9.56. The Morgan fingerprint density at radius 2 is 1.50 bits per heavy atom. The van der Waals surface area contributed by atoms with Crippen molar-refractivity contribution in [2.24, 2.45) is 0 Å². The number of fused-ring (bicyclic) bond motifs is 1. The molecule has 0 spiro atoms.